The summed E-state index contributed by atoms with van der Waals surface area (Å²) in [5, 5.41) is 5.20. The van der Waals surface area contributed by atoms with E-state index in [1.54, 1.807) is 12.3 Å². The molecule has 1 amide bonds. The molecule has 9 heteroatoms. The van der Waals surface area contributed by atoms with Gasteiger partial charge in [0.25, 0.3) is 5.91 Å². The van der Waals surface area contributed by atoms with E-state index in [1.807, 2.05) is 0 Å². The molecule has 1 aromatic heterocycles. The van der Waals surface area contributed by atoms with Crippen molar-refractivity contribution in [3.8, 4) is 11.5 Å². The van der Waals surface area contributed by atoms with Crippen LogP contribution >= 0.6 is 23.7 Å². The van der Waals surface area contributed by atoms with Gasteiger partial charge in [0.05, 0.1) is 25.3 Å². The van der Waals surface area contributed by atoms with Crippen LogP contribution in [0.1, 0.15) is 34.0 Å². The van der Waals surface area contributed by atoms with Crippen molar-refractivity contribution in [2.45, 2.75) is 19.4 Å². The van der Waals surface area contributed by atoms with Gasteiger partial charge in [0, 0.05) is 23.4 Å². The van der Waals surface area contributed by atoms with E-state index in [0.29, 0.717) is 35.7 Å². The van der Waals surface area contributed by atoms with Crippen LogP contribution in [0.3, 0.4) is 0 Å². The molecule has 2 rings (SSSR count). The van der Waals surface area contributed by atoms with Crippen molar-refractivity contribution in [3.05, 3.63) is 39.6 Å². The molecule has 0 fully saturated rings. The van der Waals surface area contributed by atoms with Gasteiger partial charge in [0.15, 0.2) is 11.5 Å². The van der Waals surface area contributed by atoms with E-state index in [4.69, 9.17) is 15.2 Å². The molecule has 0 saturated carbocycles. The lowest BCUT2D eigenvalue weighted by molar-refractivity contribution is 0.0934. The van der Waals surface area contributed by atoms with Gasteiger partial charge in [0.2, 0.25) is 0 Å². The lowest BCUT2D eigenvalue weighted by Crippen LogP contribution is -2.27. The zero-order valence-corrected chi connectivity index (χ0v) is 15.8. The predicted molar refractivity (Wildman–Crippen MR) is 97.5 cm³/mol. The van der Waals surface area contributed by atoms with E-state index in [1.165, 1.54) is 37.7 Å². The highest BCUT2D eigenvalue weighted by atomic mass is 35.5. The number of hydrogen-bond acceptors (Lipinski definition) is 6. The molecule has 1 aromatic carbocycles. The number of nitrogens with two attached hydrogens (primary N) is 1. The van der Waals surface area contributed by atoms with Gasteiger partial charge >= 0.3 is 0 Å². The lowest BCUT2D eigenvalue weighted by Gasteiger charge is -2.17. The number of nitrogens with one attached hydrogen (secondary N) is 1. The first-order valence-electron chi connectivity index (χ1n) is 7.36. The Morgan fingerprint density at radius 2 is 2.00 bits per heavy atom. The number of methoxy groups -OCH3 is 2. The lowest BCUT2D eigenvalue weighted by atomic mass is 10.1. The zero-order chi connectivity index (χ0) is 17.7. The largest absolute Gasteiger partial charge is 0.493 e. The summed E-state index contributed by atoms with van der Waals surface area (Å²) in [6.45, 7) is 2.16. The molecular weight excluding hydrogens is 369 g/mol. The van der Waals surface area contributed by atoms with Crippen LogP contribution in [0.4, 0.5) is 4.39 Å². The number of rotatable bonds is 7. The molecule has 1 heterocycles. The summed E-state index contributed by atoms with van der Waals surface area (Å²) in [5.74, 6) is -0.157. The molecule has 2 aromatic rings. The first kappa shape index (κ1) is 21.1. The van der Waals surface area contributed by atoms with E-state index in [9.17, 15) is 9.18 Å². The Labute approximate surface area is 156 Å². The van der Waals surface area contributed by atoms with Crippen LogP contribution in [-0.2, 0) is 6.42 Å². The van der Waals surface area contributed by atoms with Gasteiger partial charge in [-0.3, -0.25) is 4.79 Å². The minimum absolute atomic E-state index is 0. The fraction of sp³-hybridized carbons (Fsp3) is 0.375. The van der Waals surface area contributed by atoms with Crippen molar-refractivity contribution in [3.63, 3.8) is 0 Å². The van der Waals surface area contributed by atoms with Gasteiger partial charge in [-0.2, -0.15) is 0 Å². The normalized spacial score (nSPS) is 11.4. The summed E-state index contributed by atoms with van der Waals surface area (Å²) >= 11 is 1.38. The van der Waals surface area contributed by atoms with E-state index in [2.05, 4.69) is 10.3 Å². The minimum atomic E-state index is -0.558. The fourth-order valence-corrected chi connectivity index (χ4v) is 3.00. The molecule has 25 heavy (non-hydrogen) atoms. The molecule has 138 valence electrons. The zero-order valence-electron chi connectivity index (χ0n) is 14.2. The average molecular weight is 390 g/mol. The summed E-state index contributed by atoms with van der Waals surface area (Å²) in [5.41, 5.74) is 6.08. The summed E-state index contributed by atoms with van der Waals surface area (Å²) < 4.78 is 24.5. The van der Waals surface area contributed by atoms with Gasteiger partial charge in [0.1, 0.15) is 11.5 Å². The van der Waals surface area contributed by atoms with E-state index in [-0.39, 0.29) is 18.3 Å². The molecular formula is C16H21ClFN3O3S. The fourth-order valence-electron chi connectivity index (χ4n) is 2.20. The van der Waals surface area contributed by atoms with Crippen molar-refractivity contribution in [1.29, 1.82) is 0 Å². The maximum Gasteiger partial charge on any atom is 0.271 e. The molecule has 0 spiro atoms. The smallest absolute Gasteiger partial charge is 0.271 e. The molecule has 0 saturated heterocycles. The van der Waals surface area contributed by atoms with Crippen molar-refractivity contribution < 1.29 is 18.7 Å². The van der Waals surface area contributed by atoms with Gasteiger partial charge in [-0.15, -0.1) is 23.7 Å². The first-order chi connectivity index (χ1) is 11.5. The molecule has 0 aliphatic rings. The predicted octanol–water partition coefficient (Wildman–Crippen LogP) is 2.71. The molecule has 1 atom stereocenters. The number of nitrogens with zero attached hydrogens (tertiary/aromatic N) is 1. The average Bonchev–Trinajstić information content (AvgIpc) is 3.03. The third kappa shape index (κ3) is 5.04. The Morgan fingerprint density at radius 3 is 2.60 bits per heavy atom. The Bertz CT molecular complexity index is 727. The SMILES string of the molecule is COc1cc(F)c(C(C)NC(=O)c2csc(CCN)n2)cc1OC.Cl. The van der Waals surface area contributed by atoms with Crippen LogP contribution in [0.15, 0.2) is 17.5 Å². The Hall–Kier alpha value is -1.90. The van der Waals surface area contributed by atoms with E-state index < -0.39 is 11.9 Å². The van der Waals surface area contributed by atoms with Crippen LogP contribution in [0.25, 0.3) is 0 Å². The first-order valence-corrected chi connectivity index (χ1v) is 8.24. The van der Waals surface area contributed by atoms with Crippen LogP contribution < -0.4 is 20.5 Å². The van der Waals surface area contributed by atoms with Crippen LogP contribution in [0, 0.1) is 5.82 Å². The number of carbonyl (C=O) groups is 1. The number of hydrogen-bond donors (Lipinski definition) is 2. The molecule has 0 radical (unpaired) electrons. The van der Waals surface area contributed by atoms with Gasteiger partial charge in [-0.1, -0.05) is 0 Å². The van der Waals surface area contributed by atoms with Gasteiger partial charge in [-0.05, 0) is 19.5 Å². The van der Waals surface area contributed by atoms with E-state index in [0.717, 1.165) is 5.01 Å². The quantitative estimate of drug-likeness (QED) is 0.760. The number of benzene rings is 1. The molecule has 0 bridgehead atoms. The molecule has 1 unspecified atom stereocenters. The Balaban J connectivity index is 0.00000312. The van der Waals surface area contributed by atoms with Crippen molar-refractivity contribution in [1.82, 2.24) is 10.3 Å². The maximum atomic E-state index is 14.2. The second-order valence-electron chi connectivity index (χ2n) is 5.09. The molecule has 0 aliphatic carbocycles. The summed E-state index contributed by atoms with van der Waals surface area (Å²) in [6, 6.07) is 2.19. The van der Waals surface area contributed by atoms with Crippen molar-refractivity contribution in [2.75, 3.05) is 20.8 Å². The van der Waals surface area contributed by atoms with Crippen molar-refractivity contribution in [2.24, 2.45) is 5.73 Å². The molecule has 0 aliphatic heterocycles. The summed E-state index contributed by atoms with van der Waals surface area (Å²) in [4.78, 5) is 16.5. The Morgan fingerprint density at radius 1 is 1.36 bits per heavy atom. The van der Waals surface area contributed by atoms with Crippen LogP contribution in [0.5, 0.6) is 11.5 Å². The highest BCUT2D eigenvalue weighted by Crippen LogP contribution is 2.32. The van der Waals surface area contributed by atoms with Crippen LogP contribution in [0.2, 0.25) is 0 Å². The monoisotopic (exact) mass is 389 g/mol. The van der Waals surface area contributed by atoms with Crippen LogP contribution in [-0.4, -0.2) is 31.7 Å². The van der Waals surface area contributed by atoms with E-state index >= 15 is 0 Å². The molecule has 6 nitrogen and oxygen atoms in total. The number of halogens is 2. The topological polar surface area (TPSA) is 86.5 Å². The second-order valence-corrected chi connectivity index (χ2v) is 6.03. The highest BCUT2D eigenvalue weighted by Gasteiger charge is 2.19. The summed E-state index contributed by atoms with van der Waals surface area (Å²) in [6.07, 6.45) is 0.623. The maximum absolute atomic E-state index is 14.2. The number of carbonyl (C=O) groups excluding carboxylic acids is 1. The minimum Gasteiger partial charge on any atom is -0.493 e. The van der Waals surface area contributed by atoms with Gasteiger partial charge in [-0.25, -0.2) is 9.37 Å². The number of thiazole rings is 1. The van der Waals surface area contributed by atoms with Gasteiger partial charge < -0.3 is 20.5 Å². The summed E-state index contributed by atoms with van der Waals surface area (Å²) in [7, 11) is 2.90. The number of amides is 1. The highest BCUT2D eigenvalue weighted by molar-refractivity contribution is 7.09. The number of ether oxygens (including phenoxy) is 2. The third-order valence-corrected chi connectivity index (χ3v) is 4.37. The third-order valence-electron chi connectivity index (χ3n) is 3.46. The standard InChI is InChI=1S/C16H20FN3O3S.ClH/c1-9(10-6-13(22-2)14(23-3)7-11(10)17)19-16(21)12-8-24-15(20-12)4-5-18;/h6-9H,4-5,18H2,1-3H3,(H,19,21);1H. The molecule has 3 N–H and O–H groups in total. The number of aromatic nitrogens is 1. The second kappa shape index (κ2) is 9.55. The Kier molecular flexibility index (Phi) is 8.08. The van der Waals surface area contributed by atoms with Crippen molar-refractivity contribution >= 4 is 29.7 Å².